The molecule has 8 nitrogen and oxygen atoms in total. The summed E-state index contributed by atoms with van der Waals surface area (Å²) in [7, 11) is -2.64. The first-order chi connectivity index (χ1) is 18.6. The van der Waals surface area contributed by atoms with Crippen molar-refractivity contribution in [2.24, 2.45) is 0 Å². The highest BCUT2D eigenvalue weighted by atomic mass is 35.5. The van der Waals surface area contributed by atoms with E-state index in [2.05, 4.69) is 5.32 Å². The van der Waals surface area contributed by atoms with Crippen LogP contribution >= 0.6 is 23.2 Å². The summed E-state index contributed by atoms with van der Waals surface area (Å²) in [5.74, 6) is -0.365. The normalized spacial score (nSPS) is 11.9. The van der Waals surface area contributed by atoms with E-state index in [1.807, 2.05) is 0 Å². The number of amides is 2. The van der Waals surface area contributed by atoms with Gasteiger partial charge in [-0.15, -0.1) is 0 Å². The maximum absolute atomic E-state index is 13.9. The number of carbonyl (C=O) groups excluding carboxylic acids is 2. The zero-order valence-corrected chi connectivity index (χ0v) is 24.3. The number of benzene rings is 3. The zero-order valence-electron chi connectivity index (χ0n) is 21.9. The summed E-state index contributed by atoms with van der Waals surface area (Å²) in [5.41, 5.74) is 0.913. The number of halogens is 2. The highest BCUT2D eigenvalue weighted by Crippen LogP contribution is 2.27. The van der Waals surface area contributed by atoms with Gasteiger partial charge in [0.2, 0.25) is 11.8 Å². The van der Waals surface area contributed by atoms with E-state index in [9.17, 15) is 18.0 Å². The quantitative estimate of drug-likeness (QED) is 0.314. The molecular formula is C28H31Cl2N3O5S. The van der Waals surface area contributed by atoms with E-state index in [4.69, 9.17) is 27.9 Å². The molecule has 1 N–H and O–H groups in total. The average Bonchev–Trinajstić information content (AvgIpc) is 2.94. The second-order valence-electron chi connectivity index (χ2n) is 8.61. The molecule has 0 aliphatic rings. The minimum Gasteiger partial charge on any atom is -0.497 e. The Bertz CT molecular complexity index is 1390. The predicted molar refractivity (Wildman–Crippen MR) is 154 cm³/mol. The Hall–Kier alpha value is -3.27. The van der Waals surface area contributed by atoms with Crippen LogP contribution in [0.4, 0.5) is 5.69 Å². The van der Waals surface area contributed by atoms with Crippen LogP contribution in [0.1, 0.15) is 25.8 Å². The van der Waals surface area contributed by atoms with Gasteiger partial charge in [0.15, 0.2) is 0 Å². The van der Waals surface area contributed by atoms with Crippen LogP contribution in [-0.4, -0.2) is 51.4 Å². The summed E-state index contributed by atoms with van der Waals surface area (Å²) in [6, 6.07) is 18.3. The molecule has 39 heavy (non-hydrogen) atoms. The molecular weight excluding hydrogens is 561 g/mol. The van der Waals surface area contributed by atoms with Crippen molar-refractivity contribution in [3.63, 3.8) is 0 Å². The van der Waals surface area contributed by atoms with Crippen molar-refractivity contribution in [2.45, 2.75) is 37.8 Å². The Morgan fingerprint density at radius 3 is 2.18 bits per heavy atom. The molecule has 0 aliphatic heterocycles. The Kier molecular flexibility index (Phi) is 10.6. The molecule has 0 unspecified atom stereocenters. The highest BCUT2D eigenvalue weighted by Gasteiger charge is 2.33. The molecule has 3 rings (SSSR count). The van der Waals surface area contributed by atoms with Crippen LogP contribution in [0.5, 0.6) is 5.75 Å². The molecule has 2 amide bonds. The second kappa shape index (κ2) is 13.7. The van der Waals surface area contributed by atoms with Crippen molar-refractivity contribution in [1.29, 1.82) is 0 Å². The third kappa shape index (κ3) is 7.44. The number of carbonyl (C=O) groups is 2. The first-order valence-corrected chi connectivity index (χ1v) is 14.5. The van der Waals surface area contributed by atoms with Crippen LogP contribution < -0.4 is 14.4 Å². The number of nitrogens with one attached hydrogen (secondary N) is 1. The fourth-order valence-corrected chi connectivity index (χ4v) is 5.80. The standard InChI is InChI=1S/C28H31Cl2N3O5S/c1-4-26(28(35)31-5-2)32(18-20-11-16-24(29)25(30)17-20)27(34)19-33(21-12-14-22(38-3)15-13-21)39(36,37)23-9-7-6-8-10-23/h6-17,26H,4-5,18-19H2,1-3H3,(H,31,35)/t26-/m1/s1. The van der Waals surface area contributed by atoms with Crippen LogP contribution in [0.15, 0.2) is 77.7 Å². The molecule has 1 atom stereocenters. The van der Waals surface area contributed by atoms with E-state index in [1.54, 1.807) is 74.5 Å². The SMILES string of the molecule is CCNC(=O)[C@@H](CC)N(Cc1ccc(Cl)c(Cl)c1)C(=O)CN(c1ccc(OC)cc1)S(=O)(=O)c1ccccc1. The number of methoxy groups -OCH3 is 1. The predicted octanol–water partition coefficient (Wildman–Crippen LogP) is 5.14. The Labute approximate surface area is 239 Å². The number of rotatable bonds is 12. The number of ether oxygens (including phenoxy) is 1. The second-order valence-corrected chi connectivity index (χ2v) is 11.3. The van der Waals surface area contributed by atoms with Crippen LogP contribution in [0.25, 0.3) is 0 Å². The van der Waals surface area contributed by atoms with Crippen LogP contribution in [-0.2, 0) is 26.2 Å². The average molecular weight is 593 g/mol. The maximum atomic E-state index is 13.9. The van der Waals surface area contributed by atoms with Crippen molar-refractivity contribution in [3.05, 3.63) is 88.4 Å². The first kappa shape index (κ1) is 30.3. The van der Waals surface area contributed by atoms with Gasteiger partial charge in [-0.2, -0.15) is 0 Å². The van der Waals surface area contributed by atoms with Gasteiger partial charge in [-0.3, -0.25) is 13.9 Å². The van der Waals surface area contributed by atoms with E-state index >= 15 is 0 Å². The maximum Gasteiger partial charge on any atom is 0.264 e. The number of nitrogens with zero attached hydrogens (tertiary/aromatic N) is 2. The van der Waals surface area contributed by atoms with Crippen LogP contribution in [0.2, 0.25) is 10.0 Å². The van der Waals surface area contributed by atoms with Crippen molar-refractivity contribution in [2.75, 3.05) is 24.5 Å². The van der Waals surface area contributed by atoms with Crippen molar-refractivity contribution < 1.29 is 22.7 Å². The van der Waals surface area contributed by atoms with Crippen molar-refractivity contribution >= 4 is 50.7 Å². The summed E-state index contributed by atoms with van der Waals surface area (Å²) < 4.78 is 33.8. The van der Waals surface area contributed by atoms with Crippen molar-refractivity contribution in [3.8, 4) is 5.75 Å². The minimum atomic E-state index is -4.14. The highest BCUT2D eigenvalue weighted by molar-refractivity contribution is 7.92. The van der Waals surface area contributed by atoms with E-state index < -0.39 is 28.5 Å². The Morgan fingerprint density at radius 2 is 1.62 bits per heavy atom. The third-order valence-electron chi connectivity index (χ3n) is 6.04. The molecule has 0 bridgehead atoms. The summed E-state index contributed by atoms with van der Waals surface area (Å²) in [6.07, 6.45) is 0.312. The lowest BCUT2D eigenvalue weighted by atomic mass is 10.1. The topological polar surface area (TPSA) is 96.0 Å². The smallest absolute Gasteiger partial charge is 0.264 e. The van der Waals surface area contributed by atoms with E-state index in [1.165, 1.54) is 24.1 Å². The van der Waals surface area contributed by atoms with Gasteiger partial charge >= 0.3 is 0 Å². The van der Waals surface area contributed by atoms with Crippen molar-refractivity contribution in [1.82, 2.24) is 10.2 Å². The zero-order chi connectivity index (χ0) is 28.6. The molecule has 0 heterocycles. The van der Waals surface area contributed by atoms with Gasteiger partial charge < -0.3 is 15.0 Å². The summed E-state index contributed by atoms with van der Waals surface area (Å²) in [6.45, 7) is 3.43. The molecule has 3 aromatic carbocycles. The van der Waals surface area contributed by atoms with Gasteiger partial charge in [0.05, 0.1) is 27.7 Å². The minimum absolute atomic E-state index is 0.0210. The number of hydrogen-bond donors (Lipinski definition) is 1. The summed E-state index contributed by atoms with van der Waals surface area (Å²) >= 11 is 12.3. The van der Waals surface area contributed by atoms with E-state index in [-0.39, 0.29) is 23.0 Å². The Morgan fingerprint density at radius 1 is 0.949 bits per heavy atom. The van der Waals surface area contributed by atoms with Gasteiger partial charge in [0.1, 0.15) is 18.3 Å². The Balaban J connectivity index is 2.06. The molecule has 3 aromatic rings. The molecule has 208 valence electrons. The summed E-state index contributed by atoms with van der Waals surface area (Å²) in [5, 5.41) is 3.43. The van der Waals surface area contributed by atoms with E-state index in [0.29, 0.717) is 34.3 Å². The third-order valence-corrected chi connectivity index (χ3v) is 8.57. The van der Waals surface area contributed by atoms with Gasteiger partial charge in [0, 0.05) is 13.1 Å². The fourth-order valence-electron chi connectivity index (χ4n) is 4.04. The lowest BCUT2D eigenvalue weighted by Crippen LogP contribution is -2.52. The lowest BCUT2D eigenvalue weighted by molar-refractivity contribution is -0.140. The van der Waals surface area contributed by atoms with Gasteiger partial charge in [-0.1, -0.05) is 54.4 Å². The number of likely N-dealkylation sites (N-methyl/N-ethyl adjacent to an activating group) is 1. The number of hydrogen-bond acceptors (Lipinski definition) is 5. The first-order valence-electron chi connectivity index (χ1n) is 12.3. The lowest BCUT2D eigenvalue weighted by Gasteiger charge is -2.33. The van der Waals surface area contributed by atoms with Crippen LogP contribution in [0, 0.1) is 0 Å². The number of sulfonamides is 1. The largest absolute Gasteiger partial charge is 0.497 e. The van der Waals surface area contributed by atoms with E-state index in [0.717, 1.165) is 4.31 Å². The van der Waals surface area contributed by atoms with Crippen LogP contribution in [0.3, 0.4) is 0 Å². The van der Waals surface area contributed by atoms with Gasteiger partial charge in [-0.05, 0) is 67.4 Å². The van der Waals surface area contributed by atoms with Gasteiger partial charge in [0.25, 0.3) is 10.0 Å². The molecule has 0 fully saturated rings. The van der Waals surface area contributed by atoms with Gasteiger partial charge in [-0.25, -0.2) is 8.42 Å². The summed E-state index contributed by atoms with van der Waals surface area (Å²) in [4.78, 5) is 28.3. The molecule has 0 aliphatic carbocycles. The molecule has 11 heteroatoms. The molecule has 0 radical (unpaired) electrons. The monoisotopic (exact) mass is 591 g/mol. The molecule has 0 aromatic heterocycles. The fraction of sp³-hybridized carbons (Fsp3) is 0.286. The molecule has 0 spiro atoms. The molecule has 0 saturated heterocycles. The molecule has 0 saturated carbocycles. The number of anilines is 1.